The minimum atomic E-state index is -0.236. The van der Waals surface area contributed by atoms with E-state index >= 15 is 0 Å². The maximum Gasteiger partial charge on any atom is 0.245 e. The second-order valence-corrected chi connectivity index (χ2v) is 7.81. The van der Waals surface area contributed by atoms with Crippen molar-refractivity contribution in [2.24, 2.45) is 5.92 Å². The highest BCUT2D eigenvalue weighted by atomic mass is 16.5. The smallest absolute Gasteiger partial charge is 0.245 e. The number of aromatic nitrogens is 4. The number of carbonyl (C=O) groups is 2. The maximum absolute atomic E-state index is 13.0. The highest BCUT2D eigenvalue weighted by molar-refractivity contribution is 5.85. The van der Waals surface area contributed by atoms with Gasteiger partial charge in [-0.3, -0.25) is 9.59 Å². The van der Waals surface area contributed by atoms with Gasteiger partial charge in [0.1, 0.15) is 18.6 Å². The van der Waals surface area contributed by atoms with Crippen LogP contribution in [0.2, 0.25) is 0 Å². The molecule has 0 unspecified atom stereocenters. The maximum atomic E-state index is 13.0. The Morgan fingerprint density at radius 2 is 2.13 bits per heavy atom. The molecule has 2 heterocycles. The first-order chi connectivity index (χ1) is 14.6. The first kappa shape index (κ1) is 20.3. The van der Waals surface area contributed by atoms with Crippen molar-refractivity contribution in [2.75, 3.05) is 33.4 Å². The molecule has 2 fully saturated rings. The van der Waals surface area contributed by atoms with Crippen LogP contribution in [0.3, 0.4) is 0 Å². The zero-order chi connectivity index (χ0) is 20.9. The molecule has 0 radical (unpaired) electrons. The Morgan fingerprint density at radius 3 is 2.87 bits per heavy atom. The molecule has 1 aliphatic heterocycles. The van der Waals surface area contributed by atoms with E-state index in [1.54, 1.807) is 16.9 Å². The monoisotopic (exact) mass is 414 g/mol. The van der Waals surface area contributed by atoms with Crippen molar-refractivity contribution in [3.05, 3.63) is 36.2 Å². The van der Waals surface area contributed by atoms with Gasteiger partial charge in [-0.15, -0.1) is 5.10 Å². The van der Waals surface area contributed by atoms with Crippen LogP contribution in [-0.4, -0.2) is 81.3 Å². The number of amides is 2. The summed E-state index contributed by atoms with van der Waals surface area (Å²) in [6.07, 6.45) is 3.51. The summed E-state index contributed by atoms with van der Waals surface area (Å²) in [7, 11) is 1.62. The summed E-state index contributed by atoms with van der Waals surface area (Å²) >= 11 is 0. The van der Waals surface area contributed by atoms with Crippen molar-refractivity contribution in [1.29, 1.82) is 0 Å². The quantitative estimate of drug-likeness (QED) is 0.614. The second-order valence-electron chi connectivity index (χ2n) is 7.81. The van der Waals surface area contributed by atoms with Crippen molar-refractivity contribution >= 4 is 11.8 Å². The summed E-state index contributed by atoms with van der Waals surface area (Å²) < 4.78 is 12.7. The Balaban J connectivity index is 1.47. The molecule has 4 rings (SSSR count). The molecule has 0 bridgehead atoms. The molecule has 2 aliphatic rings. The predicted octanol–water partition coefficient (Wildman–Crippen LogP) is 0.348. The topological polar surface area (TPSA) is 103 Å². The molecular weight excluding hydrogens is 388 g/mol. The van der Waals surface area contributed by atoms with Crippen LogP contribution in [0.1, 0.15) is 18.4 Å². The third-order valence-corrected chi connectivity index (χ3v) is 5.34. The van der Waals surface area contributed by atoms with Crippen molar-refractivity contribution in [3.8, 4) is 5.75 Å². The summed E-state index contributed by atoms with van der Waals surface area (Å²) in [5.41, 5.74) is 0.970. The van der Waals surface area contributed by atoms with E-state index in [2.05, 4.69) is 15.5 Å². The van der Waals surface area contributed by atoms with Gasteiger partial charge in [0.15, 0.2) is 0 Å². The molecular formula is C20H26N6O4. The van der Waals surface area contributed by atoms with E-state index < -0.39 is 0 Å². The first-order valence-electron chi connectivity index (χ1n) is 10.1. The lowest BCUT2D eigenvalue weighted by atomic mass is 10.2. The molecule has 1 aromatic heterocycles. The molecule has 0 spiro atoms. The van der Waals surface area contributed by atoms with Gasteiger partial charge in [-0.2, -0.15) is 0 Å². The Morgan fingerprint density at radius 1 is 1.27 bits per heavy atom. The van der Waals surface area contributed by atoms with Gasteiger partial charge in [0.25, 0.3) is 0 Å². The molecule has 10 heteroatoms. The fraction of sp³-hybridized carbons (Fsp3) is 0.550. The average Bonchev–Trinajstić information content (AvgIpc) is 3.47. The van der Waals surface area contributed by atoms with Crippen molar-refractivity contribution in [1.82, 2.24) is 30.0 Å². The van der Waals surface area contributed by atoms with E-state index in [1.807, 2.05) is 24.3 Å². The lowest BCUT2D eigenvalue weighted by Gasteiger charge is -2.25. The SMILES string of the molecule is COc1cccc(CN2C[C@@H](OCC3CC3)CN(C(=O)Cn3cnnn3)CC2=O)c1. The van der Waals surface area contributed by atoms with Crippen LogP contribution >= 0.6 is 0 Å². The number of nitrogens with zero attached hydrogens (tertiary/aromatic N) is 6. The Kier molecular flexibility index (Phi) is 6.22. The molecule has 1 atom stereocenters. The van der Waals surface area contributed by atoms with Gasteiger partial charge in [0.2, 0.25) is 11.8 Å². The number of hydrogen-bond acceptors (Lipinski definition) is 7. The van der Waals surface area contributed by atoms with Gasteiger partial charge < -0.3 is 19.3 Å². The Labute approximate surface area is 174 Å². The predicted molar refractivity (Wildman–Crippen MR) is 105 cm³/mol. The molecule has 1 aromatic carbocycles. The Hall–Kier alpha value is -3.01. The molecule has 30 heavy (non-hydrogen) atoms. The van der Waals surface area contributed by atoms with Crippen molar-refractivity contribution < 1.29 is 19.1 Å². The first-order valence-corrected chi connectivity index (χ1v) is 10.1. The van der Waals surface area contributed by atoms with E-state index in [4.69, 9.17) is 9.47 Å². The van der Waals surface area contributed by atoms with Crippen molar-refractivity contribution in [3.63, 3.8) is 0 Å². The minimum Gasteiger partial charge on any atom is -0.497 e. The fourth-order valence-corrected chi connectivity index (χ4v) is 3.47. The van der Waals surface area contributed by atoms with Crippen molar-refractivity contribution in [2.45, 2.75) is 32.0 Å². The zero-order valence-electron chi connectivity index (χ0n) is 17.0. The summed E-state index contributed by atoms with van der Waals surface area (Å²) in [6.45, 7) is 1.92. The van der Waals surface area contributed by atoms with Gasteiger partial charge in [0.05, 0.1) is 19.8 Å². The summed E-state index contributed by atoms with van der Waals surface area (Å²) in [6, 6.07) is 7.65. The number of ether oxygens (including phenoxy) is 2. The fourth-order valence-electron chi connectivity index (χ4n) is 3.47. The molecule has 10 nitrogen and oxygen atoms in total. The number of rotatable bonds is 8. The molecule has 1 saturated heterocycles. The van der Waals surface area contributed by atoms with E-state index in [-0.39, 0.29) is 31.0 Å². The third kappa shape index (κ3) is 5.32. The van der Waals surface area contributed by atoms with Crippen LogP contribution in [0.5, 0.6) is 5.75 Å². The average molecular weight is 414 g/mol. The summed E-state index contributed by atoms with van der Waals surface area (Å²) in [4.78, 5) is 29.1. The molecule has 1 aliphatic carbocycles. The number of methoxy groups -OCH3 is 1. The van der Waals surface area contributed by atoms with Crippen LogP contribution in [0.4, 0.5) is 0 Å². The highest BCUT2D eigenvalue weighted by Gasteiger charge is 2.32. The lowest BCUT2D eigenvalue weighted by Crippen LogP contribution is -2.41. The van der Waals surface area contributed by atoms with Gasteiger partial charge in [-0.1, -0.05) is 12.1 Å². The number of tetrazole rings is 1. The molecule has 2 aromatic rings. The number of benzene rings is 1. The normalized spacial score (nSPS) is 19.6. The number of carbonyl (C=O) groups excluding carboxylic acids is 2. The van der Waals surface area contributed by atoms with E-state index in [0.717, 1.165) is 11.3 Å². The molecule has 2 amide bonds. The summed E-state index contributed by atoms with van der Waals surface area (Å²) in [5.74, 6) is 1.02. The van der Waals surface area contributed by atoms with Crippen LogP contribution < -0.4 is 4.74 Å². The third-order valence-electron chi connectivity index (χ3n) is 5.34. The standard InChI is InChI=1S/C20H26N6O4/c1-29-17-4-2-3-16(7-17)8-24-9-18(30-13-15-5-6-15)10-25(11-19(24)27)20(28)12-26-14-21-22-23-26/h2-4,7,14-15,18H,5-6,8-13H2,1H3/t18-/m1/s1. The van der Waals surface area contributed by atoms with Gasteiger partial charge in [-0.05, 0) is 46.9 Å². The second kappa shape index (κ2) is 9.21. The summed E-state index contributed by atoms with van der Waals surface area (Å²) in [5, 5.41) is 10.8. The van der Waals surface area contributed by atoms with E-state index in [9.17, 15) is 9.59 Å². The molecule has 160 valence electrons. The Bertz CT molecular complexity index is 870. The van der Waals surface area contributed by atoms with Crippen LogP contribution in [0.15, 0.2) is 30.6 Å². The van der Waals surface area contributed by atoms with Gasteiger partial charge in [0, 0.05) is 26.2 Å². The zero-order valence-corrected chi connectivity index (χ0v) is 17.0. The lowest BCUT2D eigenvalue weighted by molar-refractivity contribution is -0.139. The largest absolute Gasteiger partial charge is 0.497 e. The number of hydrogen-bond donors (Lipinski definition) is 0. The van der Waals surface area contributed by atoms with Crippen LogP contribution in [-0.2, 0) is 27.4 Å². The highest BCUT2D eigenvalue weighted by Crippen LogP contribution is 2.29. The van der Waals surface area contributed by atoms with Crippen LogP contribution in [0, 0.1) is 5.92 Å². The van der Waals surface area contributed by atoms with E-state index in [0.29, 0.717) is 32.2 Å². The van der Waals surface area contributed by atoms with Gasteiger partial charge in [-0.25, -0.2) is 4.68 Å². The van der Waals surface area contributed by atoms with Gasteiger partial charge >= 0.3 is 0 Å². The molecule has 0 N–H and O–H groups in total. The van der Waals surface area contributed by atoms with Crippen LogP contribution in [0.25, 0.3) is 0 Å². The van der Waals surface area contributed by atoms with E-state index in [1.165, 1.54) is 23.9 Å². The minimum absolute atomic E-state index is 0.00815. The molecule has 1 saturated carbocycles.